The third-order valence-corrected chi connectivity index (χ3v) is 8.36. The molecule has 2 aliphatic rings. The van der Waals surface area contributed by atoms with E-state index in [9.17, 15) is 9.59 Å². The molecule has 1 saturated carbocycles. The summed E-state index contributed by atoms with van der Waals surface area (Å²) in [4.78, 5) is 46.3. The number of amides is 2. The molecule has 3 atom stereocenters. The number of nitrogens with zero attached hydrogens (tertiary/aromatic N) is 6. The Kier molecular flexibility index (Phi) is 5.77. The van der Waals surface area contributed by atoms with Crippen LogP contribution in [0.25, 0.3) is 33.1 Å². The van der Waals surface area contributed by atoms with E-state index in [2.05, 4.69) is 53.3 Å². The largest absolute Gasteiger partial charge is 0.383 e. The highest BCUT2D eigenvalue weighted by molar-refractivity contribution is 9.10. The topological polar surface area (TPSA) is 132 Å². The molecule has 4 aromatic heterocycles. The fourth-order valence-corrected chi connectivity index (χ4v) is 6.45. The van der Waals surface area contributed by atoms with Gasteiger partial charge < -0.3 is 20.5 Å². The first-order valence-corrected chi connectivity index (χ1v) is 13.9. The molecule has 10 nitrogen and oxygen atoms in total. The molecule has 0 unspecified atom stereocenters. The van der Waals surface area contributed by atoms with Gasteiger partial charge in [0, 0.05) is 23.8 Å². The Morgan fingerprint density at radius 3 is 2.73 bits per heavy atom. The zero-order chi connectivity index (χ0) is 27.5. The van der Waals surface area contributed by atoms with Gasteiger partial charge in [0.1, 0.15) is 40.8 Å². The maximum Gasteiger partial charge on any atom is 0.248 e. The first kappa shape index (κ1) is 24.6. The molecule has 7 rings (SSSR count). The molecule has 2 fully saturated rings. The summed E-state index contributed by atoms with van der Waals surface area (Å²) in [7, 11) is 0. The second-order valence-electron chi connectivity index (χ2n) is 10.4. The smallest absolute Gasteiger partial charge is 0.248 e. The number of nitrogens with one attached hydrogen (secondary N) is 1. The van der Waals surface area contributed by atoms with Gasteiger partial charge in [0.25, 0.3) is 0 Å². The number of nitrogen functional groups attached to an aromatic ring is 1. The maximum absolute atomic E-state index is 14.0. The third-order valence-electron chi connectivity index (χ3n) is 7.92. The molecule has 1 aromatic carbocycles. The van der Waals surface area contributed by atoms with Crippen LogP contribution in [0.2, 0.25) is 0 Å². The van der Waals surface area contributed by atoms with Crippen LogP contribution in [0.4, 0.5) is 11.6 Å². The molecule has 3 N–H and O–H groups in total. The number of hydrogen-bond donors (Lipinski definition) is 2. The van der Waals surface area contributed by atoms with Gasteiger partial charge in [-0.3, -0.25) is 14.6 Å². The zero-order valence-electron chi connectivity index (χ0n) is 21.6. The summed E-state index contributed by atoms with van der Waals surface area (Å²) in [6.07, 6.45) is 6.50. The fourth-order valence-electron chi connectivity index (χ4n) is 6.11. The van der Waals surface area contributed by atoms with Crippen molar-refractivity contribution in [2.75, 3.05) is 11.1 Å². The molecular formula is C29H25BrN8O2. The molecular weight excluding hydrogens is 572 g/mol. The van der Waals surface area contributed by atoms with Gasteiger partial charge in [-0.2, -0.15) is 0 Å². The molecule has 1 aliphatic heterocycles. The lowest BCUT2D eigenvalue weighted by molar-refractivity contribution is -0.138. The average molecular weight is 597 g/mol. The van der Waals surface area contributed by atoms with E-state index in [1.807, 2.05) is 23.6 Å². The third kappa shape index (κ3) is 4.08. The number of halogens is 1. The van der Waals surface area contributed by atoms with Crippen LogP contribution in [0.15, 0.2) is 65.8 Å². The van der Waals surface area contributed by atoms with Crippen LogP contribution in [0.1, 0.15) is 18.4 Å². The Morgan fingerprint density at radius 2 is 1.93 bits per heavy atom. The number of benzene rings is 1. The van der Waals surface area contributed by atoms with Crippen molar-refractivity contribution in [3.63, 3.8) is 0 Å². The Morgan fingerprint density at radius 1 is 1.10 bits per heavy atom. The Bertz CT molecular complexity index is 1820. The standard InChI is InChI=1S/C29H25BrN8O2/c1-15-9-17(16-5-7-32-8-6-16)10-19-25-27(31)33-14-34-28(25)37(26(15)19)13-24(39)38-20-11-18(20)12-21(38)29(40)36-23-4-2-3-22(30)35-23/h2-10,14,18,20-21H,11-13H2,1H3,(H2,31,33,34)(H,35,36,40)/t18-,20-,21+/m1/s1. The zero-order valence-corrected chi connectivity index (χ0v) is 23.2. The molecule has 2 amide bonds. The van der Waals surface area contributed by atoms with Crippen LogP contribution in [0, 0.1) is 12.8 Å². The van der Waals surface area contributed by atoms with Crippen molar-refractivity contribution >= 4 is 61.3 Å². The van der Waals surface area contributed by atoms with Gasteiger partial charge in [-0.1, -0.05) is 6.07 Å². The summed E-state index contributed by atoms with van der Waals surface area (Å²) in [6, 6.07) is 12.9. The van der Waals surface area contributed by atoms with E-state index in [0.29, 0.717) is 39.6 Å². The minimum atomic E-state index is -0.552. The van der Waals surface area contributed by atoms with Crippen LogP contribution >= 0.6 is 15.9 Å². The number of likely N-dealkylation sites (tertiary alicyclic amines) is 1. The van der Waals surface area contributed by atoms with Crippen molar-refractivity contribution in [3.8, 4) is 11.1 Å². The molecule has 0 bridgehead atoms. The number of carbonyl (C=O) groups is 2. The second kappa shape index (κ2) is 9.37. The first-order chi connectivity index (χ1) is 19.4. The number of piperidine rings is 1. The number of fused-ring (bicyclic) bond motifs is 4. The van der Waals surface area contributed by atoms with E-state index in [0.717, 1.165) is 34.0 Å². The molecule has 0 spiro atoms. The maximum atomic E-state index is 14.0. The molecule has 200 valence electrons. The van der Waals surface area contributed by atoms with Gasteiger partial charge in [0.2, 0.25) is 11.8 Å². The predicted molar refractivity (Wildman–Crippen MR) is 155 cm³/mol. The Labute approximate surface area is 237 Å². The fraction of sp³-hybridized carbons (Fsp3) is 0.241. The van der Waals surface area contributed by atoms with E-state index >= 15 is 0 Å². The molecule has 0 radical (unpaired) electrons. The molecule has 40 heavy (non-hydrogen) atoms. The molecule has 5 heterocycles. The summed E-state index contributed by atoms with van der Waals surface area (Å²) < 4.78 is 2.54. The minimum absolute atomic E-state index is 0.0357. The van der Waals surface area contributed by atoms with Crippen LogP contribution in [-0.2, 0) is 16.1 Å². The van der Waals surface area contributed by atoms with Crippen molar-refractivity contribution in [1.82, 2.24) is 29.4 Å². The quantitative estimate of drug-likeness (QED) is 0.289. The SMILES string of the molecule is Cc1cc(-c2ccncc2)cc2c3c(N)ncnc3n(CC(=O)N3[C@@H]4C[C@@H]4C[C@H]3C(=O)Nc3cccc(Br)n3)c12. The molecule has 5 aromatic rings. The number of hydrogen-bond acceptors (Lipinski definition) is 7. The van der Waals surface area contributed by atoms with Crippen molar-refractivity contribution in [2.24, 2.45) is 5.92 Å². The highest BCUT2D eigenvalue weighted by Crippen LogP contribution is 2.48. The van der Waals surface area contributed by atoms with Crippen molar-refractivity contribution < 1.29 is 9.59 Å². The van der Waals surface area contributed by atoms with Crippen molar-refractivity contribution in [1.29, 1.82) is 0 Å². The van der Waals surface area contributed by atoms with Crippen LogP contribution in [0.3, 0.4) is 0 Å². The van der Waals surface area contributed by atoms with Crippen molar-refractivity contribution in [2.45, 2.75) is 38.4 Å². The number of carbonyl (C=O) groups excluding carboxylic acids is 2. The van der Waals surface area contributed by atoms with Crippen LogP contribution < -0.4 is 11.1 Å². The number of pyridine rings is 2. The first-order valence-electron chi connectivity index (χ1n) is 13.1. The molecule has 11 heteroatoms. The monoisotopic (exact) mass is 596 g/mol. The highest BCUT2D eigenvalue weighted by Gasteiger charge is 2.56. The van der Waals surface area contributed by atoms with Gasteiger partial charge in [0.05, 0.1) is 10.9 Å². The lowest BCUT2D eigenvalue weighted by Gasteiger charge is -2.27. The number of anilines is 2. The lowest BCUT2D eigenvalue weighted by atomic mass is 10.0. The number of aromatic nitrogens is 5. The van der Waals surface area contributed by atoms with Gasteiger partial charge in [-0.15, -0.1) is 0 Å². The van der Waals surface area contributed by atoms with Gasteiger partial charge in [-0.05, 0) is 94.7 Å². The lowest BCUT2D eigenvalue weighted by Crippen LogP contribution is -2.46. The summed E-state index contributed by atoms with van der Waals surface area (Å²) in [5, 5.41) is 4.48. The summed E-state index contributed by atoms with van der Waals surface area (Å²) in [5.74, 6) is 0.798. The predicted octanol–water partition coefficient (Wildman–Crippen LogP) is 4.32. The Balaban J connectivity index is 1.26. The van der Waals surface area contributed by atoms with Gasteiger partial charge in [-0.25, -0.2) is 15.0 Å². The van der Waals surface area contributed by atoms with Gasteiger partial charge in [0.15, 0.2) is 0 Å². The van der Waals surface area contributed by atoms with E-state index in [-0.39, 0.29) is 24.4 Å². The van der Waals surface area contributed by atoms with E-state index in [4.69, 9.17) is 5.73 Å². The van der Waals surface area contributed by atoms with Crippen LogP contribution in [0.5, 0.6) is 0 Å². The van der Waals surface area contributed by atoms with Gasteiger partial charge >= 0.3 is 0 Å². The average Bonchev–Trinajstić information content (AvgIpc) is 3.48. The van der Waals surface area contributed by atoms with E-state index < -0.39 is 6.04 Å². The van der Waals surface area contributed by atoms with Crippen molar-refractivity contribution in [3.05, 3.63) is 71.4 Å². The minimum Gasteiger partial charge on any atom is -0.383 e. The summed E-state index contributed by atoms with van der Waals surface area (Å²) in [5.41, 5.74) is 10.9. The number of aryl methyl sites for hydroxylation is 1. The highest BCUT2D eigenvalue weighted by atomic mass is 79.9. The van der Waals surface area contributed by atoms with Crippen LogP contribution in [-0.4, -0.2) is 53.3 Å². The number of rotatable bonds is 5. The number of nitrogens with two attached hydrogens (primary N) is 1. The normalized spacial score (nSPS) is 19.6. The summed E-state index contributed by atoms with van der Waals surface area (Å²) in [6.45, 7) is 2.05. The second-order valence-corrected chi connectivity index (χ2v) is 11.2. The molecule has 1 saturated heterocycles. The Hall–Kier alpha value is -4.38. The molecule has 1 aliphatic carbocycles. The van der Waals surface area contributed by atoms with E-state index in [1.54, 1.807) is 35.5 Å². The summed E-state index contributed by atoms with van der Waals surface area (Å²) >= 11 is 3.34. The van der Waals surface area contributed by atoms with E-state index in [1.165, 1.54) is 6.33 Å².